The van der Waals surface area contributed by atoms with Gasteiger partial charge in [-0.25, -0.2) is 0 Å². The molecule has 1 atom stereocenters. The number of furan rings is 1. The minimum absolute atomic E-state index is 0.374. The smallest absolute Gasteiger partial charge is 0.231 e. The normalized spacial score (nSPS) is 24.1. The van der Waals surface area contributed by atoms with Gasteiger partial charge in [-0.2, -0.15) is 4.98 Å². The summed E-state index contributed by atoms with van der Waals surface area (Å²) < 4.78 is 10.9. The van der Waals surface area contributed by atoms with Crippen molar-refractivity contribution in [2.24, 2.45) is 0 Å². The Bertz CT molecular complexity index is 559. The van der Waals surface area contributed by atoms with Crippen LogP contribution in [0.15, 0.2) is 27.3 Å². The molecule has 1 saturated carbocycles. The van der Waals surface area contributed by atoms with Crippen LogP contribution in [0, 0.1) is 0 Å². The number of likely N-dealkylation sites (tertiary alicyclic amines) is 1. The van der Waals surface area contributed by atoms with Crippen molar-refractivity contribution in [3.63, 3.8) is 0 Å². The predicted octanol–water partition coefficient (Wildman–Crippen LogP) is 2.92. The maximum absolute atomic E-state index is 5.48. The Balaban J connectivity index is 1.42. The van der Waals surface area contributed by atoms with Crippen LogP contribution in [0.4, 0.5) is 0 Å². The molecule has 4 rings (SSSR count). The van der Waals surface area contributed by atoms with Crippen molar-refractivity contribution < 1.29 is 8.94 Å². The average molecular weight is 273 g/mol. The van der Waals surface area contributed by atoms with E-state index >= 15 is 0 Å². The van der Waals surface area contributed by atoms with Crippen molar-refractivity contribution in [2.45, 2.75) is 44.1 Å². The first-order valence-electron chi connectivity index (χ1n) is 7.47. The summed E-state index contributed by atoms with van der Waals surface area (Å²) in [5.41, 5.74) is 0. The monoisotopic (exact) mass is 273 g/mol. The molecule has 0 amide bonds. The van der Waals surface area contributed by atoms with Crippen LogP contribution >= 0.6 is 0 Å². The van der Waals surface area contributed by atoms with Crippen LogP contribution in [0.3, 0.4) is 0 Å². The van der Waals surface area contributed by atoms with E-state index in [1.807, 2.05) is 12.1 Å². The molecule has 3 heterocycles. The zero-order valence-corrected chi connectivity index (χ0v) is 11.5. The minimum Gasteiger partial charge on any atom is -0.468 e. The molecular weight excluding hydrogens is 254 g/mol. The molecule has 0 unspecified atom stereocenters. The lowest BCUT2D eigenvalue weighted by atomic mass is 9.98. The molecule has 1 saturated heterocycles. The number of hydrogen-bond acceptors (Lipinski definition) is 5. The summed E-state index contributed by atoms with van der Waals surface area (Å²) in [7, 11) is 0. The van der Waals surface area contributed by atoms with Crippen LogP contribution < -0.4 is 0 Å². The Labute approximate surface area is 118 Å². The number of piperidine rings is 1. The third-order valence-corrected chi connectivity index (χ3v) is 4.21. The van der Waals surface area contributed by atoms with Crippen molar-refractivity contribution >= 4 is 0 Å². The molecule has 5 nitrogen and oxygen atoms in total. The molecule has 106 valence electrons. The Morgan fingerprint density at radius 3 is 3.00 bits per heavy atom. The van der Waals surface area contributed by atoms with Gasteiger partial charge in [-0.05, 0) is 44.4 Å². The van der Waals surface area contributed by atoms with E-state index in [0.29, 0.717) is 11.8 Å². The Kier molecular flexibility index (Phi) is 3.07. The van der Waals surface area contributed by atoms with Crippen LogP contribution in [0.1, 0.15) is 55.0 Å². The highest BCUT2D eigenvalue weighted by Gasteiger charge is 2.31. The Morgan fingerprint density at radius 1 is 1.25 bits per heavy atom. The molecule has 5 heteroatoms. The van der Waals surface area contributed by atoms with Gasteiger partial charge in [-0.3, -0.25) is 4.90 Å². The summed E-state index contributed by atoms with van der Waals surface area (Å²) in [4.78, 5) is 7.01. The zero-order valence-electron chi connectivity index (χ0n) is 11.5. The molecule has 0 spiro atoms. The molecule has 0 aromatic carbocycles. The first-order chi connectivity index (χ1) is 9.88. The van der Waals surface area contributed by atoms with Crippen LogP contribution in [0.2, 0.25) is 0 Å². The molecule has 2 aromatic rings. The topological polar surface area (TPSA) is 55.3 Å². The van der Waals surface area contributed by atoms with E-state index in [2.05, 4.69) is 15.0 Å². The van der Waals surface area contributed by atoms with Gasteiger partial charge < -0.3 is 8.94 Å². The SMILES string of the molecule is c1coc(CN2CCC[C@@H](c3nc(C4CC4)no3)C2)c1. The molecular formula is C15H19N3O2. The summed E-state index contributed by atoms with van der Waals surface area (Å²) in [5, 5.41) is 4.13. The van der Waals surface area contributed by atoms with Gasteiger partial charge >= 0.3 is 0 Å². The lowest BCUT2D eigenvalue weighted by Gasteiger charge is -2.30. The first kappa shape index (κ1) is 12.1. The number of hydrogen-bond donors (Lipinski definition) is 0. The van der Waals surface area contributed by atoms with E-state index in [9.17, 15) is 0 Å². The van der Waals surface area contributed by atoms with Crippen molar-refractivity contribution in [2.75, 3.05) is 13.1 Å². The number of aromatic nitrogens is 2. The Morgan fingerprint density at radius 2 is 2.20 bits per heavy atom. The molecule has 0 bridgehead atoms. The third-order valence-electron chi connectivity index (χ3n) is 4.21. The van der Waals surface area contributed by atoms with Crippen molar-refractivity contribution in [1.29, 1.82) is 0 Å². The van der Waals surface area contributed by atoms with Crippen molar-refractivity contribution in [1.82, 2.24) is 15.0 Å². The molecule has 1 aliphatic heterocycles. The van der Waals surface area contributed by atoms with Gasteiger partial charge in [-0.15, -0.1) is 0 Å². The predicted molar refractivity (Wildman–Crippen MR) is 72.2 cm³/mol. The lowest BCUT2D eigenvalue weighted by molar-refractivity contribution is 0.169. The standard InChI is InChI=1S/C15H19N3O2/c1-3-12(15-16-14(17-20-15)11-5-6-11)9-18(7-1)10-13-4-2-8-19-13/h2,4,8,11-12H,1,3,5-7,9-10H2/t12-/m1/s1. The van der Waals surface area contributed by atoms with Crippen molar-refractivity contribution in [3.05, 3.63) is 35.9 Å². The maximum Gasteiger partial charge on any atom is 0.231 e. The van der Waals surface area contributed by atoms with Crippen LogP contribution in [-0.2, 0) is 6.54 Å². The highest BCUT2D eigenvalue weighted by Crippen LogP contribution is 2.39. The van der Waals surface area contributed by atoms with E-state index in [1.54, 1.807) is 6.26 Å². The van der Waals surface area contributed by atoms with Gasteiger partial charge in [0.05, 0.1) is 18.7 Å². The fourth-order valence-corrected chi connectivity index (χ4v) is 2.94. The highest BCUT2D eigenvalue weighted by molar-refractivity contribution is 5.06. The van der Waals surface area contributed by atoms with E-state index in [4.69, 9.17) is 8.94 Å². The third kappa shape index (κ3) is 2.50. The number of rotatable bonds is 4. The molecule has 0 N–H and O–H groups in total. The van der Waals surface area contributed by atoms with E-state index < -0.39 is 0 Å². The van der Waals surface area contributed by atoms with Crippen LogP contribution in [0.25, 0.3) is 0 Å². The quantitative estimate of drug-likeness (QED) is 0.857. The second kappa shape index (κ2) is 5.05. The zero-order chi connectivity index (χ0) is 13.4. The highest BCUT2D eigenvalue weighted by atomic mass is 16.5. The van der Waals surface area contributed by atoms with Crippen molar-refractivity contribution in [3.8, 4) is 0 Å². The van der Waals surface area contributed by atoms with E-state index in [-0.39, 0.29) is 0 Å². The molecule has 2 aromatic heterocycles. The lowest BCUT2D eigenvalue weighted by Crippen LogP contribution is -2.33. The second-order valence-electron chi connectivity index (χ2n) is 5.92. The van der Waals surface area contributed by atoms with E-state index in [0.717, 1.165) is 43.5 Å². The fourth-order valence-electron chi connectivity index (χ4n) is 2.94. The van der Waals surface area contributed by atoms with Gasteiger partial charge in [0, 0.05) is 12.5 Å². The largest absolute Gasteiger partial charge is 0.468 e. The van der Waals surface area contributed by atoms with Crippen LogP contribution in [-0.4, -0.2) is 28.1 Å². The van der Waals surface area contributed by atoms with Gasteiger partial charge in [-0.1, -0.05) is 5.16 Å². The van der Waals surface area contributed by atoms with Gasteiger partial charge in [0.2, 0.25) is 5.89 Å². The molecule has 0 radical (unpaired) electrons. The summed E-state index contributed by atoms with van der Waals surface area (Å²) in [6.45, 7) is 2.96. The molecule has 1 aliphatic carbocycles. The second-order valence-corrected chi connectivity index (χ2v) is 5.92. The summed E-state index contributed by atoms with van der Waals surface area (Å²) >= 11 is 0. The first-order valence-corrected chi connectivity index (χ1v) is 7.47. The fraction of sp³-hybridized carbons (Fsp3) is 0.600. The molecule has 2 fully saturated rings. The molecule has 2 aliphatic rings. The van der Waals surface area contributed by atoms with Gasteiger partial charge in [0.25, 0.3) is 0 Å². The maximum atomic E-state index is 5.48. The summed E-state index contributed by atoms with van der Waals surface area (Å²) in [6.07, 6.45) is 6.48. The van der Waals surface area contributed by atoms with Gasteiger partial charge in [0.1, 0.15) is 5.76 Å². The summed E-state index contributed by atoms with van der Waals surface area (Å²) in [6, 6.07) is 3.97. The van der Waals surface area contributed by atoms with E-state index in [1.165, 1.54) is 19.3 Å². The van der Waals surface area contributed by atoms with Crippen LogP contribution in [0.5, 0.6) is 0 Å². The summed E-state index contributed by atoms with van der Waals surface area (Å²) in [5.74, 6) is 3.71. The average Bonchev–Trinajstić information content (AvgIpc) is 3.00. The van der Waals surface area contributed by atoms with Gasteiger partial charge in [0.15, 0.2) is 5.82 Å². The minimum atomic E-state index is 0.374. The molecule has 20 heavy (non-hydrogen) atoms. The number of nitrogens with zero attached hydrogens (tertiary/aromatic N) is 3. The Hall–Kier alpha value is -1.62.